The van der Waals surface area contributed by atoms with Crippen LogP contribution in [0, 0.1) is 0 Å². The Labute approximate surface area is 126 Å². The number of nitrogens with zero attached hydrogens (tertiary/aromatic N) is 1. The quantitative estimate of drug-likeness (QED) is 0.942. The van der Waals surface area contributed by atoms with Gasteiger partial charge in [-0.3, -0.25) is 4.90 Å². The minimum Gasteiger partial charge on any atom is -0.373 e. The molecule has 0 aliphatic carbocycles. The summed E-state index contributed by atoms with van der Waals surface area (Å²) >= 11 is 0. The van der Waals surface area contributed by atoms with E-state index < -0.39 is 0 Å². The van der Waals surface area contributed by atoms with Crippen LogP contribution in [0.5, 0.6) is 0 Å². The molecule has 0 bridgehead atoms. The first-order valence-electron chi connectivity index (χ1n) is 7.75. The molecule has 2 aromatic rings. The summed E-state index contributed by atoms with van der Waals surface area (Å²) < 4.78 is 5.83. The van der Waals surface area contributed by atoms with Gasteiger partial charge in [-0.25, -0.2) is 0 Å². The smallest absolute Gasteiger partial charge is 0.0678 e. The first kappa shape index (κ1) is 14.5. The number of rotatable bonds is 3. The van der Waals surface area contributed by atoms with Gasteiger partial charge in [0.1, 0.15) is 0 Å². The second-order valence-electron chi connectivity index (χ2n) is 6.07. The van der Waals surface area contributed by atoms with Gasteiger partial charge in [-0.1, -0.05) is 36.4 Å². The van der Waals surface area contributed by atoms with E-state index in [0.717, 1.165) is 13.1 Å². The van der Waals surface area contributed by atoms with Crippen molar-refractivity contribution >= 4 is 10.8 Å². The minimum atomic E-state index is 0.267. The molecule has 0 spiro atoms. The van der Waals surface area contributed by atoms with E-state index in [4.69, 9.17) is 10.5 Å². The van der Waals surface area contributed by atoms with E-state index in [-0.39, 0.29) is 18.2 Å². The summed E-state index contributed by atoms with van der Waals surface area (Å²) in [4.78, 5) is 2.46. The zero-order valence-electron chi connectivity index (χ0n) is 12.8. The third kappa shape index (κ3) is 3.10. The Morgan fingerprint density at radius 3 is 2.43 bits per heavy atom. The number of nitrogens with two attached hydrogens (primary N) is 1. The highest BCUT2D eigenvalue weighted by molar-refractivity contribution is 5.83. The minimum absolute atomic E-state index is 0.267. The van der Waals surface area contributed by atoms with E-state index in [1.165, 1.54) is 16.3 Å². The standard InChI is InChI=1S/C18H24N2O/c1-13-11-20(12-14(2)21-13)18(10-19)17-8-7-15-5-3-4-6-16(15)9-17/h3-9,13-14,18H,10-12,19H2,1-2H3. The molecule has 3 unspecified atom stereocenters. The van der Waals surface area contributed by atoms with Gasteiger partial charge in [-0.2, -0.15) is 0 Å². The highest BCUT2D eigenvalue weighted by Gasteiger charge is 2.28. The second kappa shape index (κ2) is 6.14. The predicted molar refractivity (Wildman–Crippen MR) is 87.3 cm³/mol. The van der Waals surface area contributed by atoms with Crippen LogP contribution in [0.4, 0.5) is 0 Å². The fourth-order valence-electron chi connectivity index (χ4n) is 3.38. The van der Waals surface area contributed by atoms with Crippen molar-refractivity contribution in [3.05, 3.63) is 48.0 Å². The average molecular weight is 284 g/mol. The number of ether oxygens (including phenoxy) is 1. The van der Waals surface area contributed by atoms with Crippen LogP contribution in [0.1, 0.15) is 25.5 Å². The maximum absolute atomic E-state index is 6.09. The first-order valence-corrected chi connectivity index (χ1v) is 7.75. The molecule has 0 amide bonds. The SMILES string of the molecule is CC1CN(C(CN)c2ccc3ccccc3c2)CC(C)O1. The van der Waals surface area contributed by atoms with Crippen LogP contribution in [0.25, 0.3) is 10.8 Å². The maximum atomic E-state index is 6.09. The average Bonchev–Trinajstić information content (AvgIpc) is 2.47. The zero-order chi connectivity index (χ0) is 14.8. The van der Waals surface area contributed by atoms with Crippen LogP contribution >= 0.6 is 0 Å². The molecule has 2 N–H and O–H groups in total. The molecule has 1 saturated heterocycles. The molecule has 0 radical (unpaired) electrons. The summed E-state index contributed by atoms with van der Waals surface area (Å²) in [6.07, 6.45) is 0.534. The van der Waals surface area contributed by atoms with Crippen LogP contribution in [0.3, 0.4) is 0 Å². The number of morpholine rings is 1. The van der Waals surface area contributed by atoms with E-state index in [0.29, 0.717) is 6.54 Å². The molecular weight excluding hydrogens is 260 g/mol. The Balaban J connectivity index is 1.90. The van der Waals surface area contributed by atoms with Crippen LogP contribution in [0.2, 0.25) is 0 Å². The molecule has 3 nitrogen and oxygen atoms in total. The lowest BCUT2D eigenvalue weighted by Gasteiger charge is -2.40. The molecule has 1 heterocycles. The lowest BCUT2D eigenvalue weighted by molar-refractivity contribution is -0.0799. The number of hydrogen-bond donors (Lipinski definition) is 1. The van der Waals surface area contributed by atoms with E-state index in [2.05, 4.69) is 61.2 Å². The van der Waals surface area contributed by atoms with Crippen LogP contribution in [-0.2, 0) is 4.74 Å². The van der Waals surface area contributed by atoms with Crippen LogP contribution < -0.4 is 5.73 Å². The van der Waals surface area contributed by atoms with Gasteiger partial charge in [0, 0.05) is 25.7 Å². The Morgan fingerprint density at radius 2 is 1.76 bits per heavy atom. The highest BCUT2D eigenvalue weighted by Crippen LogP contribution is 2.26. The van der Waals surface area contributed by atoms with Crippen molar-refractivity contribution < 1.29 is 4.74 Å². The van der Waals surface area contributed by atoms with Gasteiger partial charge < -0.3 is 10.5 Å². The van der Waals surface area contributed by atoms with Crippen molar-refractivity contribution in [1.29, 1.82) is 0 Å². The Bertz CT molecular complexity index is 603. The largest absolute Gasteiger partial charge is 0.373 e. The molecule has 112 valence electrons. The third-order valence-electron chi connectivity index (χ3n) is 4.27. The van der Waals surface area contributed by atoms with Crippen molar-refractivity contribution in [2.45, 2.75) is 32.1 Å². The van der Waals surface area contributed by atoms with Gasteiger partial charge in [0.05, 0.1) is 12.2 Å². The molecule has 0 aromatic heterocycles. The maximum Gasteiger partial charge on any atom is 0.0678 e. The molecule has 3 rings (SSSR count). The van der Waals surface area contributed by atoms with Gasteiger partial charge in [-0.05, 0) is 36.2 Å². The normalized spacial score (nSPS) is 25.1. The van der Waals surface area contributed by atoms with E-state index in [1.54, 1.807) is 0 Å². The Kier molecular flexibility index (Phi) is 4.24. The molecule has 0 saturated carbocycles. The molecule has 3 heteroatoms. The van der Waals surface area contributed by atoms with Crippen molar-refractivity contribution in [3.63, 3.8) is 0 Å². The summed E-state index contributed by atoms with van der Waals surface area (Å²) in [5, 5.41) is 2.56. The fourth-order valence-corrected chi connectivity index (χ4v) is 3.38. The van der Waals surface area contributed by atoms with Crippen molar-refractivity contribution in [3.8, 4) is 0 Å². The Hall–Kier alpha value is -1.42. The van der Waals surface area contributed by atoms with Crippen LogP contribution in [-0.4, -0.2) is 36.7 Å². The lowest BCUT2D eigenvalue weighted by atomic mass is 9.99. The van der Waals surface area contributed by atoms with Crippen molar-refractivity contribution in [1.82, 2.24) is 4.90 Å². The predicted octanol–water partition coefficient (Wildman–Crippen LogP) is 2.95. The van der Waals surface area contributed by atoms with Crippen molar-refractivity contribution in [2.75, 3.05) is 19.6 Å². The van der Waals surface area contributed by atoms with Gasteiger partial charge in [0.15, 0.2) is 0 Å². The second-order valence-corrected chi connectivity index (χ2v) is 6.07. The van der Waals surface area contributed by atoms with E-state index in [9.17, 15) is 0 Å². The van der Waals surface area contributed by atoms with Gasteiger partial charge in [0.25, 0.3) is 0 Å². The summed E-state index contributed by atoms with van der Waals surface area (Å²) in [6.45, 7) is 6.79. The zero-order valence-corrected chi connectivity index (χ0v) is 12.8. The van der Waals surface area contributed by atoms with Crippen LogP contribution in [0.15, 0.2) is 42.5 Å². The Morgan fingerprint density at radius 1 is 1.10 bits per heavy atom. The topological polar surface area (TPSA) is 38.5 Å². The fraction of sp³-hybridized carbons (Fsp3) is 0.444. The van der Waals surface area contributed by atoms with E-state index in [1.807, 2.05) is 0 Å². The molecule has 3 atom stereocenters. The van der Waals surface area contributed by atoms with Gasteiger partial charge >= 0.3 is 0 Å². The number of fused-ring (bicyclic) bond motifs is 1. The summed E-state index contributed by atoms with van der Waals surface area (Å²) in [7, 11) is 0. The molecule has 2 aromatic carbocycles. The first-order chi connectivity index (χ1) is 10.2. The molecule has 21 heavy (non-hydrogen) atoms. The summed E-state index contributed by atoms with van der Waals surface area (Å²) in [5.74, 6) is 0. The highest BCUT2D eigenvalue weighted by atomic mass is 16.5. The van der Waals surface area contributed by atoms with E-state index >= 15 is 0 Å². The number of benzene rings is 2. The molecule has 1 aliphatic heterocycles. The third-order valence-corrected chi connectivity index (χ3v) is 4.27. The molecular formula is C18H24N2O. The molecule has 1 aliphatic rings. The summed E-state index contributed by atoms with van der Waals surface area (Å²) in [6, 6.07) is 15.4. The summed E-state index contributed by atoms with van der Waals surface area (Å²) in [5.41, 5.74) is 7.39. The molecule has 1 fully saturated rings. The van der Waals surface area contributed by atoms with Gasteiger partial charge in [0.2, 0.25) is 0 Å². The van der Waals surface area contributed by atoms with Gasteiger partial charge in [-0.15, -0.1) is 0 Å². The van der Waals surface area contributed by atoms with Crippen molar-refractivity contribution in [2.24, 2.45) is 5.73 Å². The lowest BCUT2D eigenvalue weighted by Crippen LogP contribution is -2.48. The monoisotopic (exact) mass is 284 g/mol. The number of hydrogen-bond acceptors (Lipinski definition) is 3.